The lowest BCUT2D eigenvalue weighted by Crippen LogP contribution is -2.39. The Morgan fingerprint density at radius 3 is 2.16 bits per heavy atom. The van der Waals surface area contributed by atoms with Crippen molar-refractivity contribution < 1.29 is 55.9 Å². The Morgan fingerprint density at radius 1 is 1.05 bits per heavy atom. The predicted molar refractivity (Wildman–Crippen MR) is 134 cm³/mol. The van der Waals surface area contributed by atoms with E-state index in [1.54, 1.807) is 6.07 Å². The Hall–Kier alpha value is -3.33. The molecule has 1 saturated heterocycles. The lowest BCUT2D eigenvalue weighted by atomic mass is 10.0. The molecule has 3 unspecified atom stereocenters. The molecule has 210 valence electrons. The van der Waals surface area contributed by atoms with Crippen LogP contribution in [0, 0.1) is 11.1 Å². The minimum absolute atomic E-state index is 0. The number of aliphatic carboxylic acids is 2. The van der Waals surface area contributed by atoms with Gasteiger partial charge in [-0.25, -0.2) is 9.59 Å². The number of benzene rings is 1. The zero-order valence-corrected chi connectivity index (χ0v) is 20.6. The number of rotatable bonds is 9. The Kier molecular flexibility index (Phi) is 17.4. The summed E-state index contributed by atoms with van der Waals surface area (Å²) in [6.07, 6.45) is 0.719. The van der Waals surface area contributed by atoms with Gasteiger partial charge < -0.3 is 51.7 Å². The van der Waals surface area contributed by atoms with Crippen molar-refractivity contribution in [2.45, 2.75) is 38.4 Å². The standard InChI is InChI=1S/C20H26N2O2.C4H6O6.3H2O/c1-17-6-4-12-21(16-17)13-5-15-24-19-10-8-18(9-11-19)20-7-2-3-14-22(20)23;5-1(3(7)8)2(6)4(9)10;;;/h2-3,7-11,14,17H,4-6,12-13,15-16H2,1H3;1-2,5-6H,(H,7,8)(H,9,10);3*1H2. The number of aromatic nitrogens is 1. The number of piperidine rings is 1. The van der Waals surface area contributed by atoms with Crippen molar-refractivity contribution in [2.24, 2.45) is 5.92 Å². The summed E-state index contributed by atoms with van der Waals surface area (Å²) >= 11 is 0. The molecule has 1 aliphatic heterocycles. The van der Waals surface area contributed by atoms with Crippen LogP contribution in [0.3, 0.4) is 0 Å². The van der Waals surface area contributed by atoms with Crippen LogP contribution in [-0.2, 0) is 9.59 Å². The molecule has 10 N–H and O–H groups in total. The molecule has 13 nitrogen and oxygen atoms in total. The van der Waals surface area contributed by atoms with Crippen LogP contribution >= 0.6 is 0 Å². The lowest BCUT2D eigenvalue weighted by Gasteiger charge is -2.30. The van der Waals surface area contributed by atoms with Gasteiger partial charge in [0.1, 0.15) is 5.75 Å². The highest BCUT2D eigenvalue weighted by molar-refractivity contribution is 5.83. The van der Waals surface area contributed by atoms with E-state index in [4.69, 9.17) is 25.2 Å². The largest absolute Gasteiger partial charge is 0.618 e. The Morgan fingerprint density at radius 2 is 1.65 bits per heavy atom. The van der Waals surface area contributed by atoms with Gasteiger partial charge in [-0.1, -0.05) is 6.92 Å². The highest BCUT2D eigenvalue weighted by Crippen LogP contribution is 2.20. The normalized spacial score (nSPS) is 16.2. The molecule has 0 amide bonds. The van der Waals surface area contributed by atoms with E-state index in [1.165, 1.54) is 32.1 Å². The molecule has 2 heterocycles. The first-order chi connectivity index (χ1) is 16.2. The fourth-order valence-electron chi connectivity index (χ4n) is 3.61. The highest BCUT2D eigenvalue weighted by atomic mass is 16.5. The van der Waals surface area contributed by atoms with Crippen LogP contribution in [0.25, 0.3) is 11.3 Å². The van der Waals surface area contributed by atoms with Gasteiger partial charge in [-0.15, -0.1) is 0 Å². The fraction of sp³-hybridized carbons (Fsp3) is 0.458. The molecular weight excluding hydrogens is 492 g/mol. The smallest absolute Gasteiger partial charge is 0.335 e. The van der Waals surface area contributed by atoms with Crippen LogP contribution in [0.5, 0.6) is 5.75 Å². The van der Waals surface area contributed by atoms with E-state index in [9.17, 15) is 14.8 Å². The van der Waals surface area contributed by atoms with E-state index in [1.807, 2.05) is 36.4 Å². The van der Waals surface area contributed by atoms with Crippen LogP contribution in [-0.4, -0.2) is 92.1 Å². The number of carboxylic acids is 2. The first-order valence-corrected chi connectivity index (χ1v) is 11.1. The number of hydrogen-bond acceptors (Lipinski definition) is 7. The van der Waals surface area contributed by atoms with Gasteiger partial charge >= 0.3 is 11.9 Å². The van der Waals surface area contributed by atoms with Crippen molar-refractivity contribution in [1.29, 1.82) is 0 Å². The molecule has 1 aromatic heterocycles. The lowest BCUT2D eigenvalue weighted by molar-refractivity contribution is -0.593. The van der Waals surface area contributed by atoms with Crippen molar-refractivity contribution in [2.75, 3.05) is 26.2 Å². The van der Waals surface area contributed by atoms with Gasteiger partial charge in [0.05, 0.1) is 6.61 Å². The SMILES string of the molecule is CC1CCCN(CCCOc2ccc(-c3cccc[n+]3[O-])cc2)C1.O.O.O.O=C(O)C(O)C(O)C(=O)O. The highest BCUT2D eigenvalue weighted by Gasteiger charge is 2.29. The minimum atomic E-state index is -2.27. The molecule has 2 aromatic rings. The van der Waals surface area contributed by atoms with Gasteiger partial charge in [-0.3, -0.25) is 0 Å². The predicted octanol–water partition coefficient (Wildman–Crippen LogP) is -1.11. The summed E-state index contributed by atoms with van der Waals surface area (Å²) in [5.41, 5.74) is 1.56. The molecule has 1 aliphatic rings. The summed E-state index contributed by atoms with van der Waals surface area (Å²) < 4.78 is 6.72. The van der Waals surface area contributed by atoms with E-state index in [2.05, 4.69) is 11.8 Å². The van der Waals surface area contributed by atoms with Gasteiger partial charge in [0, 0.05) is 30.8 Å². The first-order valence-electron chi connectivity index (χ1n) is 11.1. The third-order valence-corrected chi connectivity index (χ3v) is 5.41. The zero-order valence-electron chi connectivity index (χ0n) is 20.6. The monoisotopic (exact) mass is 530 g/mol. The van der Waals surface area contributed by atoms with E-state index in [0.29, 0.717) is 5.69 Å². The van der Waals surface area contributed by atoms with Crippen molar-refractivity contribution in [3.05, 3.63) is 53.9 Å². The average molecular weight is 531 g/mol. The molecule has 0 aliphatic carbocycles. The molecule has 0 radical (unpaired) electrons. The molecule has 3 rings (SSSR count). The fourth-order valence-corrected chi connectivity index (χ4v) is 3.61. The second kappa shape index (κ2) is 18.0. The number of carbonyl (C=O) groups is 2. The van der Waals surface area contributed by atoms with Crippen LogP contribution in [0.2, 0.25) is 0 Å². The first kappa shape index (κ1) is 35.8. The average Bonchev–Trinajstić information content (AvgIpc) is 2.82. The summed E-state index contributed by atoms with van der Waals surface area (Å²) in [7, 11) is 0. The van der Waals surface area contributed by atoms with E-state index in [-0.39, 0.29) is 16.4 Å². The molecular formula is C24H38N2O11. The summed E-state index contributed by atoms with van der Waals surface area (Å²) in [4.78, 5) is 22.1. The van der Waals surface area contributed by atoms with Crippen LogP contribution in [0.4, 0.5) is 0 Å². The summed E-state index contributed by atoms with van der Waals surface area (Å²) in [5, 5.41) is 44.3. The van der Waals surface area contributed by atoms with Crippen LogP contribution in [0.15, 0.2) is 48.7 Å². The van der Waals surface area contributed by atoms with E-state index < -0.39 is 24.1 Å². The number of aliphatic hydroxyl groups is 2. The second-order valence-corrected chi connectivity index (χ2v) is 8.25. The maximum Gasteiger partial charge on any atom is 0.335 e. The summed E-state index contributed by atoms with van der Waals surface area (Å²) in [5.74, 6) is -1.85. The molecule has 37 heavy (non-hydrogen) atoms. The number of hydrogen-bond donors (Lipinski definition) is 4. The summed E-state index contributed by atoms with van der Waals surface area (Å²) in [6.45, 7) is 6.63. The molecule has 0 saturated carbocycles. The maximum atomic E-state index is 11.8. The Labute approximate surface area is 214 Å². The topological polar surface area (TPSA) is 249 Å². The van der Waals surface area contributed by atoms with Crippen molar-refractivity contribution in [3.8, 4) is 17.0 Å². The quantitative estimate of drug-likeness (QED) is 0.174. The molecule has 0 spiro atoms. The van der Waals surface area contributed by atoms with Gasteiger partial charge in [0.25, 0.3) is 0 Å². The van der Waals surface area contributed by atoms with Crippen LogP contribution < -0.4 is 9.47 Å². The maximum absolute atomic E-state index is 11.8. The van der Waals surface area contributed by atoms with Gasteiger partial charge in [-0.05, 0) is 62.1 Å². The Bertz CT molecular complexity index is 909. The molecule has 13 heteroatoms. The van der Waals surface area contributed by atoms with E-state index >= 15 is 0 Å². The second-order valence-electron chi connectivity index (χ2n) is 8.25. The third kappa shape index (κ3) is 12.0. The summed E-state index contributed by atoms with van der Waals surface area (Å²) in [6, 6.07) is 13.2. The van der Waals surface area contributed by atoms with Crippen molar-refractivity contribution in [1.82, 2.24) is 4.90 Å². The molecule has 1 aromatic carbocycles. The number of aliphatic hydroxyl groups excluding tert-OH is 2. The van der Waals surface area contributed by atoms with Crippen molar-refractivity contribution in [3.63, 3.8) is 0 Å². The number of likely N-dealkylation sites (tertiary alicyclic amines) is 1. The van der Waals surface area contributed by atoms with Gasteiger partial charge in [-0.2, -0.15) is 4.73 Å². The number of nitrogens with zero attached hydrogens (tertiary/aromatic N) is 2. The number of carboxylic acid groups (broad SMARTS) is 2. The van der Waals surface area contributed by atoms with Crippen molar-refractivity contribution >= 4 is 11.9 Å². The van der Waals surface area contributed by atoms with Gasteiger partial charge in [0.2, 0.25) is 5.69 Å². The molecule has 3 atom stereocenters. The van der Waals surface area contributed by atoms with E-state index in [0.717, 1.165) is 41.5 Å². The Balaban J connectivity index is 0. The number of pyridine rings is 1. The zero-order chi connectivity index (χ0) is 25.1. The molecule has 0 bridgehead atoms. The van der Waals surface area contributed by atoms with Crippen LogP contribution in [0.1, 0.15) is 26.2 Å². The number of ether oxygens (including phenoxy) is 1. The van der Waals surface area contributed by atoms with Gasteiger partial charge in [0.15, 0.2) is 18.4 Å². The third-order valence-electron chi connectivity index (χ3n) is 5.41. The minimum Gasteiger partial charge on any atom is -0.618 e. The molecule has 1 fully saturated rings.